The Kier molecular flexibility index (Phi) is 4.59. The molecule has 0 radical (unpaired) electrons. The number of nitrogens with zero attached hydrogens (tertiary/aromatic N) is 1. The van der Waals surface area contributed by atoms with E-state index >= 15 is 0 Å². The number of hydrogen-bond donors (Lipinski definition) is 1. The van der Waals surface area contributed by atoms with Gasteiger partial charge in [0.25, 0.3) is 5.91 Å². The Morgan fingerprint density at radius 1 is 1.23 bits per heavy atom. The number of rotatable bonds is 4. The average molecular weight is 321 g/mol. The van der Waals surface area contributed by atoms with Crippen molar-refractivity contribution in [1.82, 2.24) is 5.06 Å². The van der Waals surface area contributed by atoms with Gasteiger partial charge < -0.3 is 5.11 Å². The van der Waals surface area contributed by atoms with Crippen LogP contribution in [0.2, 0.25) is 0 Å². The van der Waals surface area contributed by atoms with Crippen LogP contribution in [0.1, 0.15) is 36.1 Å². The number of hydroxylamine groups is 2. The number of benzene rings is 1. The fourth-order valence-corrected chi connectivity index (χ4v) is 3.19. The van der Waals surface area contributed by atoms with Gasteiger partial charge in [-0.1, -0.05) is 17.7 Å². The predicted octanol–water partition coefficient (Wildman–Crippen LogP) is 3.75. The first-order valence-corrected chi connectivity index (χ1v) is 8.59. The molecule has 22 heavy (non-hydrogen) atoms. The Morgan fingerprint density at radius 2 is 1.77 bits per heavy atom. The summed E-state index contributed by atoms with van der Waals surface area (Å²) >= 11 is 1.48. The van der Waals surface area contributed by atoms with Gasteiger partial charge in [0.1, 0.15) is 17.2 Å². The first kappa shape index (κ1) is 16.9. The lowest BCUT2D eigenvalue weighted by Gasteiger charge is -2.30. The molecule has 0 bridgehead atoms. The average Bonchev–Trinajstić information content (AvgIpc) is 2.56. The molecule has 4 nitrogen and oxygen atoms in total. The van der Waals surface area contributed by atoms with Crippen LogP contribution in [-0.2, 0) is 9.63 Å². The van der Waals surface area contributed by atoms with Gasteiger partial charge in [0, 0.05) is 0 Å². The Bertz CT molecular complexity index is 626. The summed E-state index contributed by atoms with van der Waals surface area (Å²) in [5.41, 5.74) is 3.38. The molecule has 1 aromatic rings. The first-order chi connectivity index (χ1) is 10.2. The molecular formula is C17H23NO3S. The third kappa shape index (κ3) is 2.63. The van der Waals surface area contributed by atoms with Crippen molar-refractivity contribution in [2.24, 2.45) is 0 Å². The number of aliphatic hydroxyl groups is 1. The molecular weight excluding hydrogens is 298 g/mol. The largest absolute Gasteiger partial charge is 0.509 e. The van der Waals surface area contributed by atoms with E-state index in [-0.39, 0.29) is 11.7 Å². The molecule has 1 amide bonds. The van der Waals surface area contributed by atoms with Crippen LogP contribution in [0, 0.1) is 20.8 Å². The van der Waals surface area contributed by atoms with Gasteiger partial charge in [-0.25, -0.2) is 5.06 Å². The SMILES string of the molecule is CSCON1C(=O)C(c2c(C)cc(C)cc2C)=C(O)C1(C)C. The number of carbonyl (C=O) groups excluding carboxylic acids is 1. The van der Waals surface area contributed by atoms with E-state index in [0.29, 0.717) is 11.5 Å². The van der Waals surface area contributed by atoms with Crippen molar-refractivity contribution in [3.8, 4) is 0 Å². The lowest BCUT2D eigenvalue weighted by molar-refractivity contribution is -0.193. The maximum Gasteiger partial charge on any atom is 0.282 e. The van der Waals surface area contributed by atoms with Crippen LogP contribution < -0.4 is 0 Å². The third-order valence-corrected chi connectivity index (χ3v) is 4.29. The van der Waals surface area contributed by atoms with Gasteiger partial charge in [0.15, 0.2) is 0 Å². The van der Waals surface area contributed by atoms with Crippen molar-refractivity contribution in [2.75, 3.05) is 12.2 Å². The number of hydrogen-bond acceptors (Lipinski definition) is 4. The molecule has 1 aliphatic rings. The maximum absolute atomic E-state index is 12.8. The quantitative estimate of drug-likeness (QED) is 0.858. The van der Waals surface area contributed by atoms with E-state index in [9.17, 15) is 9.90 Å². The van der Waals surface area contributed by atoms with Gasteiger partial charge in [-0.05, 0) is 57.6 Å². The highest BCUT2D eigenvalue weighted by Crippen LogP contribution is 2.41. The number of carbonyl (C=O) groups is 1. The minimum atomic E-state index is -0.869. The number of aliphatic hydroxyl groups excluding tert-OH is 1. The topological polar surface area (TPSA) is 49.8 Å². The zero-order valence-electron chi connectivity index (χ0n) is 14.0. The molecule has 0 fully saturated rings. The molecule has 0 atom stereocenters. The van der Waals surface area contributed by atoms with E-state index in [0.717, 1.165) is 22.3 Å². The van der Waals surface area contributed by atoms with Crippen LogP contribution in [0.5, 0.6) is 0 Å². The Hall–Kier alpha value is -1.46. The van der Waals surface area contributed by atoms with E-state index in [2.05, 4.69) is 0 Å². The molecule has 1 heterocycles. The zero-order chi connectivity index (χ0) is 16.7. The van der Waals surface area contributed by atoms with Gasteiger partial charge >= 0.3 is 0 Å². The van der Waals surface area contributed by atoms with Crippen molar-refractivity contribution < 1.29 is 14.7 Å². The van der Waals surface area contributed by atoms with Gasteiger partial charge in [0.2, 0.25) is 0 Å². The van der Waals surface area contributed by atoms with Crippen LogP contribution in [0.25, 0.3) is 5.57 Å². The smallest absolute Gasteiger partial charge is 0.282 e. The number of thioether (sulfide) groups is 1. The summed E-state index contributed by atoms with van der Waals surface area (Å²) in [6.45, 7) is 9.51. The second kappa shape index (κ2) is 5.97. The third-order valence-electron chi connectivity index (χ3n) is 3.95. The standard InChI is InChI=1S/C17H23NO3S/c1-10-7-11(2)13(12(3)8-10)14-15(19)17(4,5)18(16(14)20)21-9-22-6/h7-8,19H,9H2,1-6H3. The van der Waals surface area contributed by atoms with Gasteiger partial charge in [-0.3, -0.25) is 9.63 Å². The molecule has 0 saturated heterocycles. The Labute approximate surface area is 136 Å². The minimum absolute atomic E-state index is 0.0636. The normalized spacial score (nSPS) is 17.5. The molecule has 120 valence electrons. The highest BCUT2D eigenvalue weighted by Gasteiger charge is 2.48. The molecule has 2 rings (SSSR count). The highest BCUT2D eigenvalue weighted by atomic mass is 32.2. The number of aryl methyl sites for hydroxylation is 3. The highest BCUT2D eigenvalue weighted by molar-refractivity contribution is 7.98. The molecule has 1 aliphatic heterocycles. The van der Waals surface area contributed by atoms with Crippen LogP contribution >= 0.6 is 11.8 Å². The summed E-state index contributed by atoms with van der Waals surface area (Å²) in [5, 5.41) is 11.9. The molecule has 0 aliphatic carbocycles. The predicted molar refractivity (Wildman–Crippen MR) is 90.6 cm³/mol. The number of amides is 1. The van der Waals surface area contributed by atoms with Gasteiger partial charge in [-0.15, -0.1) is 11.8 Å². The molecule has 1 N–H and O–H groups in total. The summed E-state index contributed by atoms with van der Waals surface area (Å²) in [5.74, 6) is 0.141. The van der Waals surface area contributed by atoms with Crippen molar-refractivity contribution >= 4 is 23.2 Å². The summed E-state index contributed by atoms with van der Waals surface area (Å²) in [4.78, 5) is 18.4. The van der Waals surface area contributed by atoms with E-state index in [4.69, 9.17) is 4.84 Å². The molecule has 0 unspecified atom stereocenters. The second-order valence-corrected chi connectivity index (χ2v) is 7.00. The van der Waals surface area contributed by atoms with E-state index in [1.165, 1.54) is 16.8 Å². The van der Waals surface area contributed by atoms with Crippen molar-refractivity contribution in [2.45, 2.75) is 40.2 Å². The van der Waals surface area contributed by atoms with Crippen molar-refractivity contribution in [1.29, 1.82) is 0 Å². The van der Waals surface area contributed by atoms with Crippen LogP contribution in [0.3, 0.4) is 0 Å². The second-order valence-electron chi connectivity index (χ2n) is 6.19. The summed E-state index contributed by atoms with van der Waals surface area (Å²) in [7, 11) is 0. The van der Waals surface area contributed by atoms with E-state index < -0.39 is 5.54 Å². The Balaban J connectivity index is 2.56. The molecule has 0 spiro atoms. The van der Waals surface area contributed by atoms with Gasteiger partial charge in [0.05, 0.1) is 5.57 Å². The van der Waals surface area contributed by atoms with Crippen LogP contribution in [-0.4, -0.2) is 33.8 Å². The molecule has 1 aromatic carbocycles. The maximum atomic E-state index is 12.8. The fourth-order valence-electron chi connectivity index (χ4n) is 2.98. The summed E-state index contributed by atoms with van der Waals surface area (Å²) in [6, 6.07) is 4.04. The van der Waals surface area contributed by atoms with E-state index in [1.54, 1.807) is 13.8 Å². The molecule has 5 heteroatoms. The minimum Gasteiger partial charge on any atom is -0.509 e. The first-order valence-electron chi connectivity index (χ1n) is 7.20. The van der Waals surface area contributed by atoms with Gasteiger partial charge in [-0.2, -0.15) is 0 Å². The van der Waals surface area contributed by atoms with Crippen molar-refractivity contribution in [3.63, 3.8) is 0 Å². The van der Waals surface area contributed by atoms with Crippen LogP contribution in [0.15, 0.2) is 17.9 Å². The van der Waals surface area contributed by atoms with Crippen LogP contribution in [0.4, 0.5) is 0 Å². The molecule has 0 aromatic heterocycles. The fraction of sp³-hybridized carbons (Fsp3) is 0.471. The van der Waals surface area contributed by atoms with Crippen molar-refractivity contribution in [3.05, 3.63) is 40.1 Å². The summed E-state index contributed by atoms with van der Waals surface area (Å²) in [6.07, 6.45) is 1.90. The summed E-state index contributed by atoms with van der Waals surface area (Å²) < 4.78 is 0. The Morgan fingerprint density at radius 3 is 2.27 bits per heavy atom. The lowest BCUT2D eigenvalue weighted by atomic mass is 9.91. The lowest BCUT2D eigenvalue weighted by Crippen LogP contribution is -2.43. The zero-order valence-corrected chi connectivity index (χ0v) is 14.8. The van der Waals surface area contributed by atoms with E-state index in [1.807, 2.05) is 39.2 Å². The monoisotopic (exact) mass is 321 g/mol. The molecule has 0 saturated carbocycles.